The fraction of sp³-hybridized carbons (Fsp3) is 0.625. The normalized spacial score (nSPS) is 23.6. The highest BCUT2D eigenvalue weighted by atomic mass is 19.1. The van der Waals surface area contributed by atoms with E-state index in [1.54, 1.807) is 12.1 Å². The van der Waals surface area contributed by atoms with Crippen molar-refractivity contribution in [2.24, 2.45) is 5.92 Å². The summed E-state index contributed by atoms with van der Waals surface area (Å²) in [4.78, 5) is 2.49. The quantitative estimate of drug-likeness (QED) is 0.901. The molecule has 0 bridgehead atoms. The molecule has 1 atom stereocenters. The fourth-order valence-corrected chi connectivity index (χ4v) is 3.70. The molecule has 1 saturated carbocycles. The third-order valence-electron chi connectivity index (χ3n) is 4.62. The molecule has 104 valence electrons. The van der Waals surface area contributed by atoms with Crippen LogP contribution in [0.4, 0.5) is 4.39 Å². The maximum atomic E-state index is 14.2. The molecule has 1 N–H and O–H groups in total. The predicted molar refractivity (Wildman–Crippen MR) is 75.5 cm³/mol. The lowest BCUT2D eigenvalue weighted by atomic mass is 9.89. The van der Waals surface area contributed by atoms with Crippen LogP contribution in [0, 0.1) is 11.7 Å². The SMILES string of the molecule is Fc1ccccc1[C@@H](C1CCCC1)N1CCNCC1. The number of benzene rings is 1. The number of piperazine rings is 1. The zero-order valence-electron chi connectivity index (χ0n) is 11.4. The lowest BCUT2D eigenvalue weighted by molar-refractivity contribution is 0.122. The topological polar surface area (TPSA) is 15.3 Å². The van der Waals surface area contributed by atoms with Crippen LogP contribution in [0.3, 0.4) is 0 Å². The van der Waals surface area contributed by atoms with Crippen LogP contribution >= 0.6 is 0 Å². The molecule has 0 aromatic heterocycles. The minimum atomic E-state index is -0.0297. The Morgan fingerprint density at radius 3 is 2.47 bits per heavy atom. The van der Waals surface area contributed by atoms with E-state index >= 15 is 0 Å². The maximum Gasteiger partial charge on any atom is 0.127 e. The smallest absolute Gasteiger partial charge is 0.127 e. The Morgan fingerprint density at radius 1 is 1.11 bits per heavy atom. The van der Waals surface area contributed by atoms with Crippen molar-refractivity contribution in [3.63, 3.8) is 0 Å². The highest BCUT2D eigenvalue weighted by Gasteiger charge is 2.33. The van der Waals surface area contributed by atoms with Crippen molar-refractivity contribution in [2.75, 3.05) is 26.2 Å². The average Bonchev–Trinajstić information content (AvgIpc) is 2.96. The lowest BCUT2D eigenvalue weighted by Gasteiger charge is -2.38. The Kier molecular flexibility index (Phi) is 4.14. The van der Waals surface area contributed by atoms with Crippen LogP contribution < -0.4 is 5.32 Å². The van der Waals surface area contributed by atoms with Gasteiger partial charge in [-0.3, -0.25) is 4.90 Å². The fourth-order valence-electron chi connectivity index (χ4n) is 3.70. The highest BCUT2D eigenvalue weighted by molar-refractivity contribution is 5.22. The van der Waals surface area contributed by atoms with Gasteiger partial charge in [-0.2, -0.15) is 0 Å². The van der Waals surface area contributed by atoms with Gasteiger partial charge in [0, 0.05) is 37.8 Å². The van der Waals surface area contributed by atoms with Crippen LogP contribution in [-0.4, -0.2) is 31.1 Å². The summed E-state index contributed by atoms with van der Waals surface area (Å²) in [6.45, 7) is 4.13. The van der Waals surface area contributed by atoms with E-state index in [0.717, 1.165) is 31.7 Å². The first kappa shape index (κ1) is 13.1. The number of hydrogen-bond acceptors (Lipinski definition) is 2. The van der Waals surface area contributed by atoms with E-state index < -0.39 is 0 Å². The second-order valence-corrected chi connectivity index (χ2v) is 5.80. The van der Waals surface area contributed by atoms with Crippen molar-refractivity contribution in [2.45, 2.75) is 31.7 Å². The molecule has 2 fully saturated rings. The average molecular weight is 262 g/mol. The van der Waals surface area contributed by atoms with Gasteiger partial charge in [0.2, 0.25) is 0 Å². The minimum Gasteiger partial charge on any atom is -0.314 e. The Morgan fingerprint density at radius 2 is 1.79 bits per heavy atom. The molecule has 19 heavy (non-hydrogen) atoms. The van der Waals surface area contributed by atoms with Gasteiger partial charge < -0.3 is 5.32 Å². The van der Waals surface area contributed by atoms with E-state index in [1.807, 2.05) is 12.1 Å². The monoisotopic (exact) mass is 262 g/mol. The van der Waals surface area contributed by atoms with Crippen molar-refractivity contribution >= 4 is 0 Å². The summed E-state index contributed by atoms with van der Waals surface area (Å²) in [6.07, 6.45) is 5.12. The van der Waals surface area contributed by atoms with Crippen molar-refractivity contribution in [3.05, 3.63) is 35.6 Å². The van der Waals surface area contributed by atoms with Gasteiger partial charge in [-0.25, -0.2) is 4.39 Å². The first-order valence-electron chi connectivity index (χ1n) is 7.55. The van der Waals surface area contributed by atoms with Crippen LogP contribution in [0.2, 0.25) is 0 Å². The molecule has 1 aliphatic heterocycles. The molecule has 3 heteroatoms. The van der Waals surface area contributed by atoms with Gasteiger partial charge in [0.25, 0.3) is 0 Å². The standard InChI is InChI=1S/C16H23FN2/c17-15-8-4-3-7-14(15)16(13-5-1-2-6-13)19-11-9-18-10-12-19/h3-4,7-8,13,16,18H,1-2,5-6,9-12H2/t16-/m1/s1. The molecule has 0 unspecified atom stereocenters. The van der Waals surface area contributed by atoms with Crippen LogP contribution in [0.15, 0.2) is 24.3 Å². The van der Waals surface area contributed by atoms with Gasteiger partial charge in [0.1, 0.15) is 5.82 Å². The summed E-state index contributed by atoms with van der Waals surface area (Å²) in [5.74, 6) is 0.605. The van der Waals surface area contributed by atoms with E-state index in [4.69, 9.17) is 0 Å². The summed E-state index contributed by atoms with van der Waals surface area (Å²) in [7, 11) is 0. The van der Waals surface area contributed by atoms with Crippen LogP contribution in [-0.2, 0) is 0 Å². The van der Waals surface area contributed by atoms with Crippen molar-refractivity contribution in [1.82, 2.24) is 10.2 Å². The number of hydrogen-bond donors (Lipinski definition) is 1. The molecular weight excluding hydrogens is 239 g/mol. The molecule has 3 rings (SSSR count). The Labute approximate surface area is 115 Å². The number of halogens is 1. The van der Waals surface area contributed by atoms with E-state index in [2.05, 4.69) is 10.2 Å². The third kappa shape index (κ3) is 2.82. The van der Waals surface area contributed by atoms with Gasteiger partial charge in [-0.05, 0) is 24.8 Å². The minimum absolute atomic E-state index is 0.0297. The van der Waals surface area contributed by atoms with Crippen LogP contribution in [0.25, 0.3) is 0 Å². The summed E-state index contributed by atoms with van der Waals surface area (Å²) < 4.78 is 14.2. The number of nitrogens with zero attached hydrogens (tertiary/aromatic N) is 1. The van der Waals surface area contributed by atoms with Crippen LogP contribution in [0.5, 0.6) is 0 Å². The van der Waals surface area contributed by atoms with E-state index in [1.165, 1.54) is 25.7 Å². The number of rotatable bonds is 3. The summed E-state index contributed by atoms with van der Waals surface area (Å²) in [6, 6.07) is 7.65. The van der Waals surface area contributed by atoms with Gasteiger partial charge >= 0.3 is 0 Å². The maximum absolute atomic E-state index is 14.2. The van der Waals surface area contributed by atoms with Gasteiger partial charge in [-0.1, -0.05) is 31.0 Å². The molecule has 1 aliphatic carbocycles. The molecule has 0 spiro atoms. The van der Waals surface area contributed by atoms with Crippen LogP contribution in [0.1, 0.15) is 37.3 Å². The molecule has 2 aliphatic rings. The molecule has 1 aromatic rings. The summed E-state index contributed by atoms with van der Waals surface area (Å²) in [5.41, 5.74) is 0.913. The zero-order chi connectivity index (χ0) is 13.1. The molecule has 1 aromatic carbocycles. The van der Waals surface area contributed by atoms with Gasteiger partial charge in [-0.15, -0.1) is 0 Å². The molecule has 0 radical (unpaired) electrons. The molecule has 1 heterocycles. The van der Waals surface area contributed by atoms with Crippen molar-refractivity contribution in [1.29, 1.82) is 0 Å². The Balaban J connectivity index is 1.88. The van der Waals surface area contributed by atoms with Gasteiger partial charge in [0.15, 0.2) is 0 Å². The Bertz CT molecular complexity index is 409. The second kappa shape index (κ2) is 6.02. The Hall–Kier alpha value is -0.930. The molecule has 0 amide bonds. The molecule has 1 saturated heterocycles. The van der Waals surface area contributed by atoms with Crippen molar-refractivity contribution in [3.8, 4) is 0 Å². The summed E-state index contributed by atoms with van der Waals surface area (Å²) >= 11 is 0. The second-order valence-electron chi connectivity index (χ2n) is 5.80. The highest BCUT2D eigenvalue weighted by Crippen LogP contribution is 2.40. The van der Waals surface area contributed by atoms with E-state index in [9.17, 15) is 4.39 Å². The zero-order valence-corrected chi connectivity index (χ0v) is 11.4. The molecular formula is C16H23FN2. The largest absolute Gasteiger partial charge is 0.314 e. The first-order chi connectivity index (χ1) is 9.36. The number of nitrogens with one attached hydrogen (secondary N) is 1. The molecule has 2 nitrogen and oxygen atoms in total. The van der Waals surface area contributed by atoms with E-state index in [-0.39, 0.29) is 11.9 Å². The third-order valence-corrected chi connectivity index (χ3v) is 4.62. The van der Waals surface area contributed by atoms with E-state index in [0.29, 0.717) is 5.92 Å². The van der Waals surface area contributed by atoms with Gasteiger partial charge in [0.05, 0.1) is 0 Å². The lowest BCUT2D eigenvalue weighted by Crippen LogP contribution is -2.46. The summed E-state index contributed by atoms with van der Waals surface area (Å²) in [5, 5.41) is 3.39. The predicted octanol–water partition coefficient (Wildman–Crippen LogP) is 2.96. The van der Waals surface area contributed by atoms with Crippen molar-refractivity contribution < 1.29 is 4.39 Å². The first-order valence-corrected chi connectivity index (χ1v) is 7.55.